The van der Waals surface area contributed by atoms with Gasteiger partial charge in [-0.15, -0.1) is 0 Å². The van der Waals surface area contributed by atoms with Crippen molar-refractivity contribution in [1.82, 2.24) is 19.8 Å². The molecule has 3 aliphatic rings. The van der Waals surface area contributed by atoms with Crippen LogP contribution in [0.4, 0.5) is 5.82 Å². The Morgan fingerprint density at radius 2 is 1.77 bits per heavy atom. The topological polar surface area (TPSA) is 119 Å². The van der Waals surface area contributed by atoms with Crippen LogP contribution in [0, 0.1) is 0 Å². The molecule has 3 saturated heterocycles. The molecule has 4 heterocycles. The van der Waals surface area contributed by atoms with Gasteiger partial charge < -0.3 is 29.6 Å². The number of likely N-dealkylation sites (N-methyl/N-ethyl adjacent to an activating group) is 1. The highest BCUT2D eigenvalue weighted by molar-refractivity contribution is 6.01. The van der Waals surface area contributed by atoms with E-state index in [9.17, 15) is 14.7 Å². The van der Waals surface area contributed by atoms with E-state index in [1.54, 1.807) is 17.0 Å². The number of carbonyl (C=O) groups is 2. The van der Waals surface area contributed by atoms with Crippen LogP contribution in [0.25, 0.3) is 32.8 Å². The summed E-state index contributed by atoms with van der Waals surface area (Å²) >= 11 is 0. The SMILES string of the molecule is CN1CCC[C@H]1COc1nc(N2C3CCC2CN(C(=O)CC(=O)O)C3)c2ccc(-c3cc(O)cc4ccccc34)cc2n1. The van der Waals surface area contributed by atoms with Crippen molar-refractivity contribution in [2.75, 3.05) is 38.2 Å². The number of anilines is 1. The number of aromatic hydroxyl groups is 1. The van der Waals surface area contributed by atoms with Gasteiger partial charge in [0.15, 0.2) is 0 Å². The summed E-state index contributed by atoms with van der Waals surface area (Å²) in [5.41, 5.74) is 2.59. The van der Waals surface area contributed by atoms with Crippen LogP contribution >= 0.6 is 0 Å². The van der Waals surface area contributed by atoms with Crippen LogP contribution in [-0.4, -0.2) is 93.3 Å². The Morgan fingerprint density at radius 3 is 2.51 bits per heavy atom. The summed E-state index contributed by atoms with van der Waals surface area (Å²) in [6.45, 7) is 2.48. The fraction of sp³-hybridized carbons (Fsp3) is 0.394. The molecule has 0 radical (unpaired) electrons. The maximum atomic E-state index is 12.6. The molecule has 3 atom stereocenters. The summed E-state index contributed by atoms with van der Waals surface area (Å²) in [7, 11) is 2.11. The van der Waals surface area contributed by atoms with E-state index in [1.165, 1.54) is 0 Å². The summed E-state index contributed by atoms with van der Waals surface area (Å²) in [5.74, 6) is -0.463. The first-order chi connectivity index (χ1) is 20.8. The molecule has 10 nitrogen and oxygen atoms in total. The first-order valence-corrected chi connectivity index (χ1v) is 15.0. The highest BCUT2D eigenvalue weighted by atomic mass is 16.5. The van der Waals surface area contributed by atoms with Gasteiger partial charge in [-0.1, -0.05) is 30.3 Å². The van der Waals surface area contributed by atoms with Crippen molar-refractivity contribution in [3.63, 3.8) is 0 Å². The molecule has 2 bridgehead atoms. The number of phenolic OH excluding ortho intramolecular Hbond substituents is 1. The summed E-state index contributed by atoms with van der Waals surface area (Å²) in [4.78, 5) is 40.0. The van der Waals surface area contributed by atoms with Crippen molar-refractivity contribution in [2.45, 2.75) is 50.2 Å². The largest absolute Gasteiger partial charge is 0.508 e. The molecular formula is C33H35N5O5. The van der Waals surface area contributed by atoms with Gasteiger partial charge in [0.05, 0.1) is 5.52 Å². The summed E-state index contributed by atoms with van der Waals surface area (Å²) < 4.78 is 6.27. The second-order valence-electron chi connectivity index (χ2n) is 12.0. The number of benzene rings is 3. The third kappa shape index (κ3) is 5.20. The first-order valence-electron chi connectivity index (χ1n) is 15.0. The van der Waals surface area contributed by atoms with E-state index >= 15 is 0 Å². The lowest BCUT2D eigenvalue weighted by Gasteiger charge is -2.42. The van der Waals surface area contributed by atoms with Crippen molar-refractivity contribution in [2.24, 2.45) is 0 Å². The molecule has 7 rings (SSSR count). The van der Waals surface area contributed by atoms with Crippen LogP contribution in [0.15, 0.2) is 54.6 Å². The minimum atomic E-state index is -1.11. The first kappa shape index (κ1) is 27.4. The number of fused-ring (bicyclic) bond motifs is 4. The smallest absolute Gasteiger partial charge is 0.319 e. The van der Waals surface area contributed by atoms with E-state index in [4.69, 9.17) is 19.8 Å². The number of hydrogen-bond acceptors (Lipinski definition) is 8. The Labute approximate surface area is 249 Å². The number of carboxylic acids is 1. The maximum Gasteiger partial charge on any atom is 0.319 e. The Bertz CT molecular complexity index is 1710. The lowest BCUT2D eigenvalue weighted by Crippen LogP contribution is -2.56. The Kier molecular flexibility index (Phi) is 7.01. The lowest BCUT2D eigenvalue weighted by molar-refractivity contribution is -0.144. The number of hydrogen-bond donors (Lipinski definition) is 2. The van der Waals surface area contributed by atoms with Gasteiger partial charge in [-0.05, 0) is 85.4 Å². The standard InChI is InChI=1S/C33H35N5O5/c1-36-12-4-6-24(36)19-43-33-34-29-14-21(28-15-25(39)13-20-5-2-3-7-26(20)28)8-11-27(29)32(35-33)38-22-9-10-23(38)18-37(17-22)30(40)16-31(41)42/h2-3,5,7-8,11,13-15,22-24,39H,4,6,9-10,12,16-19H2,1H3,(H,41,42)/t22?,23?,24-/m0/s1. The molecule has 2 unspecified atom stereocenters. The summed E-state index contributed by atoms with van der Waals surface area (Å²) in [5, 5.41) is 22.5. The average molecular weight is 582 g/mol. The fourth-order valence-corrected chi connectivity index (χ4v) is 7.11. The molecule has 4 aromatic rings. The zero-order valence-corrected chi connectivity index (χ0v) is 24.1. The predicted molar refractivity (Wildman–Crippen MR) is 163 cm³/mol. The number of piperazine rings is 1. The molecule has 0 aliphatic carbocycles. The number of aliphatic carboxylic acids is 1. The Balaban J connectivity index is 1.29. The minimum absolute atomic E-state index is 0.0260. The van der Waals surface area contributed by atoms with E-state index in [-0.39, 0.29) is 23.7 Å². The number of aromatic nitrogens is 2. The van der Waals surface area contributed by atoms with Gasteiger partial charge >= 0.3 is 12.0 Å². The van der Waals surface area contributed by atoms with E-state index in [2.05, 4.69) is 22.9 Å². The van der Waals surface area contributed by atoms with Gasteiger partial charge in [0.2, 0.25) is 5.91 Å². The van der Waals surface area contributed by atoms with Crippen molar-refractivity contribution in [3.05, 3.63) is 54.6 Å². The molecule has 1 amide bonds. The van der Waals surface area contributed by atoms with Gasteiger partial charge in [0, 0.05) is 36.6 Å². The number of ether oxygens (including phenoxy) is 1. The predicted octanol–water partition coefficient (Wildman–Crippen LogP) is 4.28. The van der Waals surface area contributed by atoms with Crippen LogP contribution in [0.3, 0.4) is 0 Å². The zero-order chi connectivity index (χ0) is 29.7. The van der Waals surface area contributed by atoms with Crippen LogP contribution in [0.1, 0.15) is 32.1 Å². The molecular weight excluding hydrogens is 546 g/mol. The Morgan fingerprint density at radius 1 is 0.977 bits per heavy atom. The monoisotopic (exact) mass is 581 g/mol. The molecule has 0 saturated carbocycles. The zero-order valence-electron chi connectivity index (χ0n) is 24.1. The number of phenols is 1. The van der Waals surface area contributed by atoms with Crippen LogP contribution in [0.2, 0.25) is 0 Å². The molecule has 2 N–H and O–H groups in total. The number of carbonyl (C=O) groups excluding carboxylic acids is 1. The number of carboxylic acid groups (broad SMARTS) is 1. The normalized spacial score (nSPS) is 22.0. The highest BCUT2D eigenvalue weighted by Gasteiger charge is 2.43. The molecule has 3 aromatic carbocycles. The van der Waals surface area contributed by atoms with Crippen molar-refractivity contribution in [3.8, 4) is 22.9 Å². The molecule has 0 spiro atoms. The second-order valence-corrected chi connectivity index (χ2v) is 12.0. The van der Waals surface area contributed by atoms with Gasteiger partial charge in [-0.2, -0.15) is 9.97 Å². The molecule has 43 heavy (non-hydrogen) atoms. The third-order valence-corrected chi connectivity index (χ3v) is 9.27. The van der Waals surface area contributed by atoms with Gasteiger partial charge in [-0.25, -0.2) is 0 Å². The van der Waals surface area contributed by atoms with Crippen LogP contribution in [-0.2, 0) is 9.59 Å². The summed E-state index contributed by atoms with van der Waals surface area (Å²) in [6.07, 6.45) is 3.51. The average Bonchev–Trinajstić information content (AvgIpc) is 3.52. The van der Waals surface area contributed by atoms with E-state index < -0.39 is 12.4 Å². The van der Waals surface area contributed by atoms with Crippen molar-refractivity contribution >= 4 is 39.4 Å². The quantitative estimate of drug-likeness (QED) is 0.308. The van der Waals surface area contributed by atoms with Gasteiger partial charge in [0.1, 0.15) is 24.6 Å². The van der Waals surface area contributed by atoms with E-state index in [1.807, 2.05) is 36.4 Å². The second kappa shape index (κ2) is 11.0. The van der Waals surface area contributed by atoms with Crippen molar-refractivity contribution in [1.29, 1.82) is 0 Å². The van der Waals surface area contributed by atoms with Gasteiger partial charge in [-0.3, -0.25) is 9.59 Å². The number of rotatable bonds is 7. The lowest BCUT2D eigenvalue weighted by atomic mass is 9.97. The minimum Gasteiger partial charge on any atom is -0.508 e. The molecule has 3 fully saturated rings. The molecule has 3 aliphatic heterocycles. The third-order valence-electron chi connectivity index (χ3n) is 9.27. The van der Waals surface area contributed by atoms with Gasteiger partial charge in [0.25, 0.3) is 0 Å². The molecule has 222 valence electrons. The highest BCUT2D eigenvalue weighted by Crippen LogP contribution is 2.40. The van der Waals surface area contributed by atoms with Crippen molar-refractivity contribution < 1.29 is 24.5 Å². The number of amides is 1. The fourth-order valence-electron chi connectivity index (χ4n) is 7.11. The number of nitrogens with zero attached hydrogens (tertiary/aromatic N) is 5. The molecule has 1 aromatic heterocycles. The van der Waals surface area contributed by atoms with Crippen LogP contribution < -0.4 is 9.64 Å². The molecule has 10 heteroatoms. The Hall–Kier alpha value is -4.44. The van der Waals surface area contributed by atoms with E-state index in [0.29, 0.717) is 31.7 Å². The van der Waals surface area contributed by atoms with E-state index in [0.717, 1.165) is 70.8 Å². The maximum absolute atomic E-state index is 12.6. The summed E-state index contributed by atoms with van der Waals surface area (Å²) in [6, 6.07) is 18.3. The van der Waals surface area contributed by atoms with Crippen LogP contribution in [0.5, 0.6) is 11.8 Å². The number of likely N-dealkylation sites (tertiary alicyclic amines) is 2.